The molecule has 1 atom stereocenters. The molecule has 2 aromatic rings. The predicted molar refractivity (Wildman–Crippen MR) is 99.6 cm³/mol. The molecule has 7 heteroatoms. The van der Waals surface area contributed by atoms with Gasteiger partial charge < -0.3 is 10.1 Å². The number of ether oxygens (including phenoxy) is 1. The Hall–Kier alpha value is -2.25. The van der Waals surface area contributed by atoms with E-state index in [0.29, 0.717) is 6.04 Å². The topological polar surface area (TPSA) is 59.4 Å². The van der Waals surface area contributed by atoms with Gasteiger partial charge in [0, 0.05) is 50.1 Å². The van der Waals surface area contributed by atoms with Crippen molar-refractivity contribution in [3.63, 3.8) is 0 Å². The average Bonchev–Trinajstić information content (AvgIpc) is 3.33. The average molecular weight is 372 g/mol. The number of halogens is 1. The SMILES string of the molecule is O=C(Cn1cc(-c2ccc(F)cc2)cn1)NC1CCN(C2CCOCC2)C1. The highest BCUT2D eigenvalue weighted by Crippen LogP contribution is 2.21. The molecule has 4 rings (SSSR count). The van der Waals surface area contributed by atoms with Crippen molar-refractivity contribution in [2.45, 2.75) is 37.9 Å². The Labute approximate surface area is 158 Å². The number of aromatic nitrogens is 2. The summed E-state index contributed by atoms with van der Waals surface area (Å²) in [7, 11) is 0. The Morgan fingerprint density at radius 2 is 1.96 bits per heavy atom. The molecule has 0 radical (unpaired) electrons. The van der Waals surface area contributed by atoms with E-state index in [1.807, 2.05) is 6.20 Å². The zero-order valence-corrected chi connectivity index (χ0v) is 15.3. The van der Waals surface area contributed by atoms with Gasteiger partial charge in [0.25, 0.3) is 0 Å². The lowest BCUT2D eigenvalue weighted by molar-refractivity contribution is -0.122. The lowest BCUT2D eigenvalue weighted by atomic mass is 10.1. The highest BCUT2D eigenvalue weighted by atomic mass is 19.1. The summed E-state index contributed by atoms with van der Waals surface area (Å²) in [4.78, 5) is 14.9. The van der Waals surface area contributed by atoms with Crippen molar-refractivity contribution in [1.82, 2.24) is 20.0 Å². The Morgan fingerprint density at radius 1 is 1.19 bits per heavy atom. The van der Waals surface area contributed by atoms with E-state index in [4.69, 9.17) is 4.74 Å². The third-order valence-electron chi connectivity index (χ3n) is 5.41. The fourth-order valence-corrected chi connectivity index (χ4v) is 3.95. The molecule has 1 aromatic heterocycles. The van der Waals surface area contributed by atoms with Gasteiger partial charge in [0.2, 0.25) is 5.91 Å². The Balaban J connectivity index is 1.28. The highest BCUT2D eigenvalue weighted by molar-refractivity contribution is 5.76. The predicted octanol–water partition coefficient (Wildman–Crippen LogP) is 2.06. The zero-order chi connectivity index (χ0) is 18.6. The smallest absolute Gasteiger partial charge is 0.241 e. The number of nitrogens with zero attached hydrogens (tertiary/aromatic N) is 3. The third-order valence-corrected chi connectivity index (χ3v) is 5.41. The second kappa shape index (κ2) is 8.19. The van der Waals surface area contributed by atoms with Crippen LogP contribution in [0.5, 0.6) is 0 Å². The lowest BCUT2D eigenvalue weighted by Gasteiger charge is -2.31. The minimum Gasteiger partial charge on any atom is -0.381 e. The molecule has 1 aromatic carbocycles. The molecule has 0 saturated carbocycles. The van der Waals surface area contributed by atoms with Gasteiger partial charge >= 0.3 is 0 Å². The number of hydrogen-bond acceptors (Lipinski definition) is 4. The van der Waals surface area contributed by atoms with E-state index < -0.39 is 0 Å². The third kappa shape index (κ3) is 4.54. The van der Waals surface area contributed by atoms with Gasteiger partial charge in [-0.2, -0.15) is 5.10 Å². The molecule has 1 unspecified atom stereocenters. The van der Waals surface area contributed by atoms with E-state index in [2.05, 4.69) is 15.3 Å². The molecule has 2 saturated heterocycles. The van der Waals surface area contributed by atoms with E-state index >= 15 is 0 Å². The summed E-state index contributed by atoms with van der Waals surface area (Å²) >= 11 is 0. The maximum Gasteiger partial charge on any atom is 0.241 e. The van der Waals surface area contributed by atoms with Crippen LogP contribution in [0.1, 0.15) is 19.3 Å². The molecule has 1 amide bonds. The standard InChI is InChI=1S/C20H25FN4O2/c21-17-3-1-15(2-4-17)16-11-22-25(12-16)14-20(26)23-18-5-8-24(13-18)19-6-9-27-10-7-19/h1-4,11-12,18-19H,5-10,13-14H2,(H,23,26). The fourth-order valence-electron chi connectivity index (χ4n) is 3.95. The number of carbonyl (C=O) groups excluding carboxylic acids is 1. The van der Waals surface area contributed by atoms with Crippen molar-refractivity contribution < 1.29 is 13.9 Å². The molecule has 6 nitrogen and oxygen atoms in total. The second-order valence-electron chi connectivity index (χ2n) is 7.33. The van der Waals surface area contributed by atoms with Crippen LogP contribution in [0.15, 0.2) is 36.7 Å². The zero-order valence-electron chi connectivity index (χ0n) is 15.3. The molecule has 2 aliphatic rings. The van der Waals surface area contributed by atoms with Crippen LogP contribution in [0, 0.1) is 5.82 Å². The summed E-state index contributed by atoms with van der Waals surface area (Å²) < 4.78 is 20.1. The summed E-state index contributed by atoms with van der Waals surface area (Å²) in [5.74, 6) is -0.292. The van der Waals surface area contributed by atoms with Crippen LogP contribution >= 0.6 is 0 Å². The Morgan fingerprint density at radius 3 is 2.74 bits per heavy atom. The second-order valence-corrected chi connectivity index (χ2v) is 7.33. The van der Waals surface area contributed by atoms with Crippen LogP contribution < -0.4 is 5.32 Å². The molecule has 0 spiro atoms. The van der Waals surface area contributed by atoms with Crippen LogP contribution in [0.25, 0.3) is 11.1 Å². The summed E-state index contributed by atoms with van der Waals surface area (Å²) in [5, 5.41) is 7.39. The van der Waals surface area contributed by atoms with E-state index in [0.717, 1.165) is 56.7 Å². The first kappa shape index (κ1) is 18.1. The minimum absolute atomic E-state index is 0.0254. The van der Waals surface area contributed by atoms with Gasteiger partial charge in [-0.15, -0.1) is 0 Å². The number of rotatable bonds is 5. The maximum absolute atomic E-state index is 13.0. The van der Waals surface area contributed by atoms with Gasteiger partial charge in [0.15, 0.2) is 0 Å². The first-order valence-electron chi connectivity index (χ1n) is 9.57. The van der Waals surface area contributed by atoms with Crippen molar-refractivity contribution in [3.8, 4) is 11.1 Å². The van der Waals surface area contributed by atoms with E-state index in [-0.39, 0.29) is 24.3 Å². The first-order valence-corrected chi connectivity index (χ1v) is 9.57. The molecule has 2 fully saturated rings. The van der Waals surface area contributed by atoms with Crippen molar-refractivity contribution in [2.75, 3.05) is 26.3 Å². The number of carbonyl (C=O) groups is 1. The van der Waals surface area contributed by atoms with Gasteiger partial charge in [0.1, 0.15) is 12.4 Å². The molecule has 144 valence electrons. The molecular formula is C20H25FN4O2. The van der Waals surface area contributed by atoms with Gasteiger partial charge in [0.05, 0.1) is 6.20 Å². The summed E-state index contributed by atoms with van der Waals surface area (Å²) in [5.41, 5.74) is 1.75. The van der Waals surface area contributed by atoms with Crippen LogP contribution in [-0.2, 0) is 16.1 Å². The monoisotopic (exact) mass is 372 g/mol. The number of amides is 1. The molecule has 3 heterocycles. The van der Waals surface area contributed by atoms with Crippen LogP contribution in [0.2, 0.25) is 0 Å². The van der Waals surface area contributed by atoms with Gasteiger partial charge in [-0.05, 0) is 37.0 Å². The molecule has 27 heavy (non-hydrogen) atoms. The summed E-state index contributed by atoms with van der Waals surface area (Å²) in [6, 6.07) is 7.05. The molecule has 0 aliphatic carbocycles. The van der Waals surface area contributed by atoms with Gasteiger partial charge in [-0.25, -0.2) is 4.39 Å². The quantitative estimate of drug-likeness (QED) is 0.873. The first-order chi connectivity index (χ1) is 13.2. The van der Waals surface area contributed by atoms with E-state index in [9.17, 15) is 9.18 Å². The van der Waals surface area contributed by atoms with Crippen LogP contribution in [-0.4, -0.2) is 59.0 Å². The van der Waals surface area contributed by atoms with E-state index in [1.54, 1.807) is 23.0 Å². The van der Waals surface area contributed by atoms with Crippen molar-refractivity contribution in [2.24, 2.45) is 0 Å². The number of benzene rings is 1. The number of likely N-dealkylation sites (tertiary alicyclic amines) is 1. The molecule has 0 bridgehead atoms. The van der Waals surface area contributed by atoms with Crippen molar-refractivity contribution >= 4 is 5.91 Å². The molecule has 1 N–H and O–H groups in total. The Bertz CT molecular complexity index is 771. The molecular weight excluding hydrogens is 347 g/mol. The van der Waals surface area contributed by atoms with Crippen molar-refractivity contribution in [1.29, 1.82) is 0 Å². The van der Waals surface area contributed by atoms with Gasteiger partial charge in [-0.1, -0.05) is 12.1 Å². The van der Waals surface area contributed by atoms with Crippen LogP contribution in [0.3, 0.4) is 0 Å². The minimum atomic E-state index is -0.267. The van der Waals surface area contributed by atoms with Crippen molar-refractivity contribution in [3.05, 3.63) is 42.5 Å². The fraction of sp³-hybridized carbons (Fsp3) is 0.500. The summed E-state index contributed by atoms with van der Waals surface area (Å²) in [6.07, 6.45) is 6.67. The maximum atomic E-state index is 13.0. The molecule has 2 aliphatic heterocycles. The Kier molecular flexibility index (Phi) is 5.50. The number of hydrogen-bond donors (Lipinski definition) is 1. The van der Waals surface area contributed by atoms with E-state index in [1.165, 1.54) is 12.1 Å². The number of nitrogens with one attached hydrogen (secondary N) is 1. The van der Waals surface area contributed by atoms with Crippen LogP contribution in [0.4, 0.5) is 4.39 Å². The highest BCUT2D eigenvalue weighted by Gasteiger charge is 2.30. The largest absolute Gasteiger partial charge is 0.381 e. The van der Waals surface area contributed by atoms with Gasteiger partial charge in [-0.3, -0.25) is 14.4 Å². The summed E-state index contributed by atoms with van der Waals surface area (Å²) in [6.45, 7) is 3.82. The normalized spacial score (nSPS) is 21.4. The lowest BCUT2D eigenvalue weighted by Crippen LogP contribution is -2.42.